The van der Waals surface area contributed by atoms with Gasteiger partial charge in [0, 0.05) is 28.0 Å². The summed E-state index contributed by atoms with van der Waals surface area (Å²) in [5.41, 5.74) is 2.27. The lowest BCUT2D eigenvalue weighted by Gasteiger charge is -1.99. The number of pyridine rings is 1. The zero-order valence-corrected chi connectivity index (χ0v) is 11.8. The third-order valence-electron chi connectivity index (χ3n) is 2.99. The van der Waals surface area contributed by atoms with Crippen LogP contribution in [-0.4, -0.2) is 16.7 Å². The molecule has 1 aliphatic rings. The number of hydrogen-bond donors (Lipinski definition) is 1. The van der Waals surface area contributed by atoms with Gasteiger partial charge in [0.1, 0.15) is 0 Å². The van der Waals surface area contributed by atoms with Crippen LogP contribution < -0.4 is 5.32 Å². The highest BCUT2D eigenvalue weighted by Crippen LogP contribution is 2.33. The highest BCUT2D eigenvalue weighted by Gasteiger charge is 2.25. The highest BCUT2D eigenvalue weighted by molar-refractivity contribution is 9.10. The van der Waals surface area contributed by atoms with Gasteiger partial charge in [0.25, 0.3) is 5.91 Å². The maximum Gasteiger partial charge on any atom is 0.256 e. The topological polar surface area (TPSA) is 59.1 Å². The van der Waals surface area contributed by atoms with Crippen LogP contribution in [-0.2, 0) is 4.79 Å². The van der Waals surface area contributed by atoms with E-state index in [4.69, 9.17) is 0 Å². The fourth-order valence-electron chi connectivity index (χ4n) is 2.03. The number of hydrogen-bond acceptors (Lipinski definition) is 3. The number of carbonyl (C=O) groups is 2. The smallest absolute Gasteiger partial charge is 0.256 e. The molecule has 98 valence electrons. The third kappa shape index (κ3) is 2.28. The minimum Gasteiger partial charge on any atom is -0.321 e. The van der Waals surface area contributed by atoms with E-state index in [0.29, 0.717) is 16.8 Å². The Kier molecular flexibility index (Phi) is 3.20. The lowest BCUT2D eigenvalue weighted by Crippen LogP contribution is -2.06. The van der Waals surface area contributed by atoms with Gasteiger partial charge in [-0.15, -0.1) is 0 Å². The van der Waals surface area contributed by atoms with Crippen molar-refractivity contribution in [3.8, 4) is 0 Å². The summed E-state index contributed by atoms with van der Waals surface area (Å²) in [5, 5.41) is 2.74. The molecule has 1 aromatic carbocycles. The molecule has 0 unspecified atom stereocenters. The van der Waals surface area contributed by atoms with Crippen LogP contribution in [0.2, 0.25) is 0 Å². The van der Waals surface area contributed by atoms with E-state index < -0.39 is 0 Å². The summed E-state index contributed by atoms with van der Waals surface area (Å²) in [7, 11) is 0. The summed E-state index contributed by atoms with van der Waals surface area (Å²) < 4.78 is 0.872. The molecular formula is C15H9BrN2O2. The van der Waals surface area contributed by atoms with Gasteiger partial charge in [0.2, 0.25) is 0 Å². The average molecular weight is 329 g/mol. The number of nitrogens with one attached hydrogen (secondary N) is 1. The molecule has 0 spiro atoms. The highest BCUT2D eigenvalue weighted by atomic mass is 79.9. The van der Waals surface area contributed by atoms with E-state index in [1.807, 2.05) is 12.1 Å². The number of amides is 1. The number of halogens is 1. The molecule has 4 nitrogen and oxygen atoms in total. The Morgan fingerprint density at radius 2 is 2.15 bits per heavy atom. The van der Waals surface area contributed by atoms with Crippen LogP contribution in [0.25, 0.3) is 5.57 Å². The van der Waals surface area contributed by atoms with Gasteiger partial charge in [-0.1, -0.05) is 22.0 Å². The molecule has 0 saturated carbocycles. The Hall–Kier alpha value is -2.27. The number of anilines is 1. The molecular weight excluding hydrogens is 320 g/mol. The second kappa shape index (κ2) is 5.02. The quantitative estimate of drug-likeness (QED) is 0.680. The van der Waals surface area contributed by atoms with Crippen LogP contribution in [0.4, 0.5) is 5.69 Å². The van der Waals surface area contributed by atoms with Crippen molar-refractivity contribution in [2.75, 3.05) is 5.32 Å². The molecule has 1 aromatic heterocycles. The van der Waals surface area contributed by atoms with Crippen molar-refractivity contribution in [3.63, 3.8) is 0 Å². The van der Waals surface area contributed by atoms with E-state index in [2.05, 4.69) is 26.2 Å². The Labute approximate surface area is 123 Å². The van der Waals surface area contributed by atoms with E-state index >= 15 is 0 Å². The predicted octanol–water partition coefficient (Wildman–Crippen LogP) is 3.06. The standard InChI is InChI=1S/C15H9BrN2O2/c16-10-3-4-11-12(15(20)18-13(11)6-10)7-14(19)9-2-1-5-17-8-9/h1-8H,(H,18,20). The number of nitrogens with zero attached hydrogens (tertiary/aromatic N) is 1. The third-order valence-corrected chi connectivity index (χ3v) is 3.48. The summed E-state index contributed by atoms with van der Waals surface area (Å²) in [4.78, 5) is 28.0. The first kappa shape index (κ1) is 12.7. The van der Waals surface area contributed by atoms with Crippen molar-refractivity contribution >= 4 is 38.9 Å². The summed E-state index contributed by atoms with van der Waals surface area (Å²) in [5.74, 6) is -0.505. The van der Waals surface area contributed by atoms with Crippen LogP contribution in [0.3, 0.4) is 0 Å². The van der Waals surface area contributed by atoms with Gasteiger partial charge < -0.3 is 5.32 Å². The summed E-state index contributed by atoms with van der Waals surface area (Å²) >= 11 is 3.35. The Bertz CT molecular complexity index is 739. The maximum absolute atomic E-state index is 12.1. The molecule has 0 atom stereocenters. The van der Waals surface area contributed by atoms with Gasteiger partial charge in [-0.3, -0.25) is 14.6 Å². The van der Waals surface area contributed by atoms with Gasteiger partial charge in [-0.25, -0.2) is 0 Å². The number of allylic oxidation sites excluding steroid dienone is 1. The van der Waals surface area contributed by atoms with Gasteiger partial charge >= 0.3 is 0 Å². The number of fused-ring (bicyclic) bond motifs is 1. The summed E-state index contributed by atoms with van der Waals surface area (Å²) in [6.07, 6.45) is 4.43. The first-order valence-electron chi connectivity index (χ1n) is 5.92. The maximum atomic E-state index is 12.1. The van der Waals surface area contributed by atoms with Crippen LogP contribution in [0.5, 0.6) is 0 Å². The molecule has 3 rings (SSSR count). The molecule has 0 aliphatic carbocycles. The zero-order valence-electron chi connectivity index (χ0n) is 10.3. The van der Waals surface area contributed by atoms with Crippen LogP contribution in [0.15, 0.2) is 53.3 Å². The van der Waals surface area contributed by atoms with Crippen molar-refractivity contribution in [2.24, 2.45) is 0 Å². The van der Waals surface area contributed by atoms with Crippen molar-refractivity contribution < 1.29 is 9.59 Å². The van der Waals surface area contributed by atoms with Crippen molar-refractivity contribution in [1.29, 1.82) is 0 Å². The predicted molar refractivity (Wildman–Crippen MR) is 79.3 cm³/mol. The van der Waals surface area contributed by atoms with E-state index in [9.17, 15) is 9.59 Å². The van der Waals surface area contributed by atoms with Gasteiger partial charge in [-0.05, 0) is 30.3 Å². The van der Waals surface area contributed by atoms with E-state index in [1.54, 1.807) is 24.4 Å². The molecule has 1 amide bonds. The Morgan fingerprint density at radius 1 is 1.30 bits per heavy atom. The lowest BCUT2D eigenvalue weighted by molar-refractivity contribution is -0.110. The fraction of sp³-hybridized carbons (Fsp3) is 0. The second-order valence-corrected chi connectivity index (χ2v) is 5.22. The first-order chi connectivity index (χ1) is 9.65. The lowest BCUT2D eigenvalue weighted by atomic mass is 10.0. The number of carbonyl (C=O) groups excluding carboxylic acids is 2. The van der Waals surface area contributed by atoms with Gasteiger partial charge in [0.05, 0.1) is 11.3 Å². The first-order valence-corrected chi connectivity index (χ1v) is 6.72. The molecule has 2 heterocycles. The molecule has 5 heteroatoms. The van der Waals surface area contributed by atoms with E-state index in [1.165, 1.54) is 12.3 Å². The number of benzene rings is 1. The van der Waals surface area contributed by atoms with Crippen molar-refractivity contribution in [1.82, 2.24) is 4.98 Å². The molecule has 0 radical (unpaired) electrons. The largest absolute Gasteiger partial charge is 0.321 e. The van der Waals surface area contributed by atoms with E-state index in [-0.39, 0.29) is 11.7 Å². The van der Waals surface area contributed by atoms with E-state index in [0.717, 1.165) is 10.0 Å². The molecule has 1 N–H and O–H groups in total. The molecule has 20 heavy (non-hydrogen) atoms. The minimum atomic E-state index is -0.268. The Morgan fingerprint density at radius 3 is 2.90 bits per heavy atom. The molecule has 1 aliphatic heterocycles. The molecule has 2 aromatic rings. The Balaban J connectivity index is 2.01. The van der Waals surface area contributed by atoms with Crippen molar-refractivity contribution in [3.05, 3.63) is 64.4 Å². The molecule has 0 fully saturated rings. The van der Waals surface area contributed by atoms with Gasteiger partial charge in [0.15, 0.2) is 5.78 Å². The number of rotatable bonds is 2. The minimum absolute atomic E-state index is 0.237. The van der Waals surface area contributed by atoms with Crippen molar-refractivity contribution in [2.45, 2.75) is 0 Å². The zero-order chi connectivity index (χ0) is 14.1. The van der Waals surface area contributed by atoms with Gasteiger partial charge in [-0.2, -0.15) is 0 Å². The second-order valence-electron chi connectivity index (χ2n) is 4.31. The van der Waals surface area contributed by atoms with Crippen LogP contribution in [0.1, 0.15) is 15.9 Å². The van der Waals surface area contributed by atoms with Crippen LogP contribution >= 0.6 is 15.9 Å². The fourth-order valence-corrected chi connectivity index (χ4v) is 2.39. The number of aromatic nitrogens is 1. The number of ketones is 1. The normalized spacial score (nSPS) is 15.1. The summed E-state index contributed by atoms with van der Waals surface area (Å²) in [6, 6.07) is 8.80. The SMILES string of the molecule is O=C1Nc2cc(Br)ccc2C1=CC(=O)c1cccnc1. The monoisotopic (exact) mass is 328 g/mol. The van der Waals surface area contributed by atoms with Crippen LogP contribution in [0, 0.1) is 0 Å². The molecule has 0 saturated heterocycles. The average Bonchev–Trinajstić information content (AvgIpc) is 2.75. The molecule has 0 bridgehead atoms. The summed E-state index contributed by atoms with van der Waals surface area (Å²) in [6.45, 7) is 0.